The minimum absolute atomic E-state index is 0.0101. The first-order valence-corrected chi connectivity index (χ1v) is 15.4. The molecule has 1 aromatic heterocycles. The number of aryl methyl sites for hydroxylation is 1. The van der Waals surface area contributed by atoms with Crippen molar-refractivity contribution < 1.29 is 32.6 Å². The number of urea groups is 1. The average molecular weight is 638 g/mol. The number of nitrogens with one attached hydrogen (secondary N) is 3. The Morgan fingerprint density at radius 2 is 1.84 bits per heavy atom. The fourth-order valence-corrected chi connectivity index (χ4v) is 5.97. The second kappa shape index (κ2) is 14.2. The third-order valence-corrected chi connectivity index (χ3v) is 8.67. The Morgan fingerprint density at radius 1 is 1.11 bits per heavy atom. The number of pyridine rings is 1. The second-order valence-corrected chi connectivity index (χ2v) is 12.3. The molecule has 1 aliphatic heterocycles. The second-order valence-electron chi connectivity index (χ2n) is 10.5. The number of anilines is 3. The zero-order valence-corrected chi connectivity index (χ0v) is 26.0. The number of carboxylic acids is 1. The zero-order valence-electron chi connectivity index (χ0n) is 25.2. The third kappa shape index (κ3) is 8.55. The van der Waals surface area contributed by atoms with Crippen LogP contribution in [0.3, 0.4) is 0 Å². The zero-order chi connectivity index (χ0) is 32.7. The molecule has 0 saturated carbocycles. The summed E-state index contributed by atoms with van der Waals surface area (Å²) in [5.41, 5.74) is 2.95. The highest BCUT2D eigenvalue weighted by molar-refractivity contribution is 7.90. The van der Waals surface area contributed by atoms with Gasteiger partial charge in [0, 0.05) is 26.0 Å². The van der Waals surface area contributed by atoms with Crippen molar-refractivity contribution in [1.29, 1.82) is 0 Å². The number of carboxylic acid groups (broad SMARTS) is 1. The molecule has 2 atom stereocenters. The maximum Gasteiger partial charge on any atom is 0.323 e. The molecular weight excluding hydrogens is 602 g/mol. The predicted molar refractivity (Wildman–Crippen MR) is 170 cm³/mol. The molecule has 2 heterocycles. The largest absolute Gasteiger partial charge is 0.495 e. The van der Waals surface area contributed by atoms with Crippen LogP contribution in [-0.2, 0) is 26.0 Å². The van der Waals surface area contributed by atoms with Crippen LogP contribution in [0.1, 0.15) is 29.2 Å². The topological polar surface area (TPSA) is 183 Å². The molecule has 0 spiro atoms. The summed E-state index contributed by atoms with van der Waals surface area (Å²) in [7, 11) is 0.711. The first-order chi connectivity index (χ1) is 21.4. The number of aromatic nitrogens is 1. The van der Waals surface area contributed by atoms with E-state index in [0.717, 1.165) is 5.56 Å². The molecule has 1 aliphatic rings. The van der Waals surface area contributed by atoms with E-state index in [2.05, 4.69) is 25.3 Å². The number of aliphatic imine (C=N–C) groups is 1. The highest BCUT2D eigenvalue weighted by Crippen LogP contribution is 2.27. The summed E-state index contributed by atoms with van der Waals surface area (Å²) in [5.74, 6) is -0.857. The van der Waals surface area contributed by atoms with Gasteiger partial charge in [-0.05, 0) is 47.9 Å². The number of para-hydroxylation sites is 1. The number of methoxy groups -OCH3 is 1. The number of nitrogens with zero attached hydrogens (tertiary/aromatic N) is 4. The number of amides is 3. The van der Waals surface area contributed by atoms with Gasteiger partial charge in [0.2, 0.25) is 15.9 Å². The monoisotopic (exact) mass is 637 g/mol. The van der Waals surface area contributed by atoms with Crippen LogP contribution >= 0.6 is 0 Å². The summed E-state index contributed by atoms with van der Waals surface area (Å²) in [6.07, 6.45) is 2.23. The molecule has 3 amide bonds. The number of rotatable bonds is 12. The summed E-state index contributed by atoms with van der Waals surface area (Å²) in [6.45, 7) is 2.03. The number of ether oxygens (including phenoxy) is 1. The summed E-state index contributed by atoms with van der Waals surface area (Å²) in [4.78, 5) is 48.4. The Hall–Kier alpha value is -5.02. The highest BCUT2D eigenvalue weighted by atomic mass is 32.2. The van der Waals surface area contributed by atoms with Gasteiger partial charge >= 0.3 is 12.0 Å². The van der Waals surface area contributed by atoms with Crippen molar-refractivity contribution in [3.05, 3.63) is 77.5 Å². The van der Waals surface area contributed by atoms with Gasteiger partial charge in [-0.25, -0.2) is 22.9 Å². The molecule has 2 aromatic carbocycles. The van der Waals surface area contributed by atoms with Crippen LogP contribution in [0.15, 0.2) is 65.8 Å². The molecular formula is C30H35N7O7S. The molecule has 0 aliphatic carbocycles. The number of sulfonamides is 1. The van der Waals surface area contributed by atoms with Crippen LogP contribution in [0.4, 0.5) is 22.0 Å². The fraction of sp³-hybridized carbons (Fsp3) is 0.300. The maximum absolute atomic E-state index is 13.1. The van der Waals surface area contributed by atoms with E-state index in [4.69, 9.17) is 4.74 Å². The van der Waals surface area contributed by atoms with Gasteiger partial charge in [-0.1, -0.05) is 30.3 Å². The van der Waals surface area contributed by atoms with E-state index in [0.29, 0.717) is 28.3 Å². The first-order valence-electron chi connectivity index (χ1n) is 13.9. The van der Waals surface area contributed by atoms with Gasteiger partial charge in [0.15, 0.2) is 5.37 Å². The predicted octanol–water partition coefficient (Wildman–Crippen LogP) is 2.98. The molecule has 14 nitrogen and oxygen atoms in total. The maximum atomic E-state index is 13.1. The van der Waals surface area contributed by atoms with Crippen LogP contribution in [0.2, 0.25) is 0 Å². The van der Waals surface area contributed by atoms with Crippen molar-refractivity contribution in [2.75, 3.05) is 43.3 Å². The number of likely N-dealkylation sites (N-methyl/N-ethyl adjacent to an activating group) is 2. The van der Waals surface area contributed by atoms with Crippen molar-refractivity contribution in [1.82, 2.24) is 14.6 Å². The molecule has 2 unspecified atom stereocenters. The molecule has 4 rings (SSSR count). The minimum Gasteiger partial charge on any atom is -0.495 e. The summed E-state index contributed by atoms with van der Waals surface area (Å²) in [5, 5.41) is 13.9. The molecule has 0 radical (unpaired) electrons. The third-order valence-electron chi connectivity index (χ3n) is 7.07. The lowest BCUT2D eigenvalue weighted by Crippen LogP contribution is -2.39. The number of aliphatic carboxylic acids is 1. The van der Waals surface area contributed by atoms with Crippen LogP contribution in [0.25, 0.3) is 0 Å². The number of hydrogen-bond donors (Lipinski definition) is 4. The normalized spacial score (nSPS) is 14.9. The smallest absolute Gasteiger partial charge is 0.323 e. The molecule has 4 N–H and O–H groups in total. The van der Waals surface area contributed by atoms with E-state index >= 15 is 0 Å². The molecule has 0 bridgehead atoms. The van der Waals surface area contributed by atoms with Crippen LogP contribution in [-0.4, -0.2) is 80.8 Å². The Morgan fingerprint density at radius 3 is 2.47 bits per heavy atom. The number of benzene rings is 2. The lowest BCUT2D eigenvalue weighted by atomic mass is 10.1. The van der Waals surface area contributed by atoms with Gasteiger partial charge in [0.25, 0.3) is 0 Å². The number of hydrogen-bond acceptors (Lipinski definition) is 9. The summed E-state index contributed by atoms with van der Waals surface area (Å²) in [6, 6.07) is 13.9. The van der Waals surface area contributed by atoms with Crippen molar-refractivity contribution in [2.24, 2.45) is 4.99 Å². The van der Waals surface area contributed by atoms with Gasteiger partial charge in [0.1, 0.15) is 11.6 Å². The Bertz CT molecular complexity index is 1700. The molecule has 0 fully saturated rings. The minimum atomic E-state index is -3.97. The van der Waals surface area contributed by atoms with Crippen molar-refractivity contribution >= 4 is 51.5 Å². The Labute approximate surface area is 261 Å². The average Bonchev–Trinajstić information content (AvgIpc) is 3.45. The number of carbonyl (C=O) groups is 3. The standard InChI is InChI=1S/C30H35N7O7S/c1-19-7-5-6-8-22(19)33-30(41)34-23-11-9-20(13-25(23)44-4)14-28(38)37(3)26-12-10-21(16-31-26)24(15-29(39)40)35-45(42,43)27-17-36(2)18-32-27/h5-13,16,18,24,27,35H,14-15,17H2,1-4H3,(H,39,40)(H2,33,34,41). The fourth-order valence-electron chi connectivity index (χ4n) is 4.55. The molecule has 0 saturated heterocycles. The lowest BCUT2D eigenvalue weighted by Gasteiger charge is -2.21. The van der Waals surface area contributed by atoms with E-state index in [1.807, 2.05) is 25.1 Å². The Kier molecular flexibility index (Phi) is 10.4. The van der Waals surface area contributed by atoms with Gasteiger partial charge in [-0.2, -0.15) is 0 Å². The van der Waals surface area contributed by atoms with E-state index in [1.165, 1.54) is 36.7 Å². The molecule has 15 heteroatoms. The van der Waals surface area contributed by atoms with Gasteiger partial charge in [0.05, 0.1) is 44.6 Å². The van der Waals surface area contributed by atoms with Gasteiger partial charge < -0.3 is 25.4 Å². The molecule has 238 valence electrons. The highest BCUT2D eigenvalue weighted by Gasteiger charge is 2.32. The van der Waals surface area contributed by atoms with E-state index in [1.54, 1.807) is 43.3 Å². The SMILES string of the molecule is COc1cc(CC(=O)N(C)c2ccc(C(CC(=O)O)NS(=O)(=O)C3CN(C)C=N3)cn2)ccc1NC(=O)Nc1ccccc1C. The van der Waals surface area contributed by atoms with Crippen molar-refractivity contribution in [3.63, 3.8) is 0 Å². The molecule has 3 aromatic rings. The van der Waals surface area contributed by atoms with Crippen LogP contribution in [0.5, 0.6) is 5.75 Å². The van der Waals surface area contributed by atoms with Crippen LogP contribution < -0.4 is 25.0 Å². The van der Waals surface area contributed by atoms with E-state index in [-0.39, 0.29) is 24.7 Å². The van der Waals surface area contributed by atoms with E-state index in [9.17, 15) is 27.9 Å². The molecule has 45 heavy (non-hydrogen) atoms. The first kappa shape index (κ1) is 32.9. The Balaban J connectivity index is 1.41. The van der Waals surface area contributed by atoms with Gasteiger partial charge in [-0.3, -0.25) is 19.5 Å². The van der Waals surface area contributed by atoms with Crippen molar-refractivity contribution in [3.8, 4) is 5.75 Å². The van der Waals surface area contributed by atoms with Gasteiger partial charge in [-0.15, -0.1) is 0 Å². The van der Waals surface area contributed by atoms with Crippen molar-refractivity contribution in [2.45, 2.75) is 31.2 Å². The quantitative estimate of drug-likeness (QED) is 0.232. The van der Waals surface area contributed by atoms with Crippen LogP contribution in [0, 0.1) is 6.92 Å². The lowest BCUT2D eigenvalue weighted by molar-refractivity contribution is -0.137. The number of carbonyl (C=O) groups excluding carboxylic acids is 2. The summed E-state index contributed by atoms with van der Waals surface area (Å²) >= 11 is 0. The summed E-state index contributed by atoms with van der Waals surface area (Å²) < 4.78 is 33.6. The van der Waals surface area contributed by atoms with E-state index < -0.39 is 39.9 Å².